The van der Waals surface area contributed by atoms with Gasteiger partial charge in [-0.15, -0.1) is 0 Å². The van der Waals surface area contributed by atoms with Crippen molar-refractivity contribution in [1.82, 2.24) is 5.32 Å². The maximum atomic E-state index is 11.4. The standard InChI is InChI=1S/C13H19NO/c1-3-7-12(10-13(15)14-2)11-8-5-4-6-9-11/h4-6,8-9,12H,3,7,10H2,1-2H3,(H,14,15). The van der Waals surface area contributed by atoms with Crippen LogP contribution in [0.4, 0.5) is 0 Å². The Morgan fingerprint density at radius 2 is 2.00 bits per heavy atom. The van der Waals surface area contributed by atoms with Crippen LogP contribution in [0.1, 0.15) is 37.7 Å². The van der Waals surface area contributed by atoms with E-state index in [0.29, 0.717) is 12.3 Å². The molecule has 0 radical (unpaired) electrons. The summed E-state index contributed by atoms with van der Waals surface area (Å²) in [6, 6.07) is 10.3. The summed E-state index contributed by atoms with van der Waals surface area (Å²) in [4.78, 5) is 11.4. The Hall–Kier alpha value is -1.31. The third-order valence-corrected chi connectivity index (χ3v) is 2.62. The van der Waals surface area contributed by atoms with Crippen molar-refractivity contribution in [2.75, 3.05) is 7.05 Å². The summed E-state index contributed by atoms with van der Waals surface area (Å²) in [5.74, 6) is 0.480. The molecule has 1 rings (SSSR count). The van der Waals surface area contributed by atoms with Gasteiger partial charge in [0.1, 0.15) is 0 Å². The highest BCUT2D eigenvalue weighted by Crippen LogP contribution is 2.24. The summed E-state index contributed by atoms with van der Waals surface area (Å²) in [6.45, 7) is 2.15. The van der Waals surface area contributed by atoms with Crippen LogP contribution in [0.3, 0.4) is 0 Å². The van der Waals surface area contributed by atoms with Crippen molar-refractivity contribution >= 4 is 5.91 Å². The zero-order valence-electron chi connectivity index (χ0n) is 9.49. The fourth-order valence-corrected chi connectivity index (χ4v) is 1.79. The zero-order valence-corrected chi connectivity index (χ0v) is 9.49. The van der Waals surface area contributed by atoms with Crippen LogP contribution < -0.4 is 5.32 Å². The Kier molecular flexibility index (Phi) is 4.88. The molecule has 0 aliphatic heterocycles. The summed E-state index contributed by atoms with van der Waals surface area (Å²) in [5.41, 5.74) is 1.27. The van der Waals surface area contributed by atoms with E-state index in [1.165, 1.54) is 5.56 Å². The number of carbonyl (C=O) groups excluding carboxylic acids is 1. The molecular weight excluding hydrogens is 186 g/mol. The molecule has 0 aliphatic carbocycles. The molecule has 1 aromatic carbocycles. The van der Waals surface area contributed by atoms with Crippen molar-refractivity contribution in [3.8, 4) is 0 Å². The molecule has 0 aromatic heterocycles. The van der Waals surface area contributed by atoms with Crippen LogP contribution in [0.5, 0.6) is 0 Å². The van der Waals surface area contributed by atoms with Crippen LogP contribution in [0.15, 0.2) is 30.3 Å². The zero-order chi connectivity index (χ0) is 11.1. The predicted octanol–water partition coefficient (Wildman–Crippen LogP) is 2.71. The second-order valence-corrected chi connectivity index (χ2v) is 3.77. The van der Waals surface area contributed by atoms with Crippen LogP contribution in [0, 0.1) is 0 Å². The lowest BCUT2D eigenvalue weighted by molar-refractivity contribution is -0.121. The van der Waals surface area contributed by atoms with Gasteiger partial charge in [0.05, 0.1) is 0 Å². The van der Waals surface area contributed by atoms with Crippen LogP contribution in [0.2, 0.25) is 0 Å². The van der Waals surface area contributed by atoms with Crippen LogP contribution in [-0.2, 0) is 4.79 Å². The summed E-state index contributed by atoms with van der Waals surface area (Å²) in [7, 11) is 1.69. The molecule has 0 aliphatic rings. The Balaban J connectivity index is 2.70. The topological polar surface area (TPSA) is 29.1 Å². The van der Waals surface area contributed by atoms with Crippen molar-refractivity contribution < 1.29 is 4.79 Å². The number of nitrogens with one attached hydrogen (secondary N) is 1. The van der Waals surface area contributed by atoms with E-state index >= 15 is 0 Å². The van der Waals surface area contributed by atoms with Crippen molar-refractivity contribution in [1.29, 1.82) is 0 Å². The van der Waals surface area contributed by atoms with E-state index in [2.05, 4.69) is 24.4 Å². The van der Waals surface area contributed by atoms with Gasteiger partial charge >= 0.3 is 0 Å². The molecule has 1 amide bonds. The molecule has 1 N–H and O–H groups in total. The van der Waals surface area contributed by atoms with Crippen molar-refractivity contribution in [3.63, 3.8) is 0 Å². The quantitative estimate of drug-likeness (QED) is 0.786. The van der Waals surface area contributed by atoms with Gasteiger partial charge in [0.15, 0.2) is 0 Å². The second-order valence-electron chi connectivity index (χ2n) is 3.77. The normalized spacial score (nSPS) is 12.1. The molecule has 1 unspecified atom stereocenters. The molecule has 0 spiro atoms. The molecular formula is C13H19NO. The van der Waals surface area contributed by atoms with E-state index in [1.54, 1.807) is 7.05 Å². The van der Waals surface area contributed by atoms with E-state index in [-0.39, 0.29) is 5.91 Å². The maximum absolute atomic E-state index is 11.4. The Labute approximate surface area is 91.7 Å². The minimum Gasteiger partial charge on any atom is -0.359 e. The third-order valence-electron chi connectivity index (χ3n) is 2.62. The average Bonchev–Trinajstić information content (AvgIpc) is 2.29. The molecule has 2 nitrogen and oxygen atoms in total. The van der Waals surface area contributed by atoms with Gasteiger partial charge in [-0.25, -0.2) is 0 Å². The SMILES string of the molecule is CCCC(CC(=O)NC)c1ccccc1. The van der Waals surface area contributed by atoms with E-state index < -0.39 is 0 Å². The monoisotopic (exact) mass is 205 g/mol. The lowest BCUT2D eigenvalue weighted by Crippen LogP contribution is -2.20. The van der Waals surface area contributed by atoms with Crippen molar-refractivity contribution in [2.24, 2.45) is 0 Å². The molecule has 0 fully saturated rings. The third kappa shape index (κ3) is 3.74. The summed E-state index contributed by atoms with van der Waals surface area (Å²) >= 11 is 0. The number of amides is 1. The highest BCUT2D eigenvalue weighted by Gasteiger charge is 2.13. The first-order valence-corrected chi connectivity index (χ1v) is 5.53. The molecule has 15 heavy (non-hydrogen) atoms. The second kappa shape index (κ2) is 6.23. The Bertz CT molecular complexity index is 295. The molecule has 0 bridgehead atoms. The van der Waals surface area contributed by atoms with E-state index in [4.69, 9.17) is 0 Å². The number of carbonyl (C=O) groups is 1. The van der Waals surface area contributed by atoms with Gasteiger partial charge in [-0.1, -0.05) is 43.7 Å². The average molecular weight is 205 g/mol. The van der Waals surface area contributed by atoms with E-state index in [1.807, 2.05) is 18.2 Å². The van der Waals surface area contributed by atoms with Gasteiger partial charge in [-0.3, -0.25) is 4.79 Å². The first kappa shape index (κ1) is 11.8. The minimum atomic E-state index is 0.123. The molecule has 2 heteroatoms. The van der Waals surface area contributed by atoms with Crippen LogP contribution in [0.25, 0.3) is 0 Å². The minimum absolute atomic E-state index is 0.123. The summed E-state index contributed by atoms with van der Waals surface area (Å²) in [5, 5.41) is 2.68. The largest absolute Gasteiger partial charge is 0.359 e. The fourth-order valence-electron chi connectivity index (χ4n) is 1.79. The molecule has 82 valence electrons. The summed E-state index contributed by atoms with van der Waals surface area (Å²) in [6.07, 6.45) is 2.77. The first-order valence-electron chi connectivity index (χ1n) is 5.53. The van der Waals surface area contributed by atoms with Crippen molar-refractivity contribution in [3.05, 3.63) is 35.9 Å². The molecule has 0 saturated carbocycles. The van der Waals surface area contributed by atoms with Gasteiger partial charge in [-0.05, 0) is 17.9 Å². The van der Waals surface area contributed by atoms with Gasteiger partial charge in [0.2, 0.25) is 5.91 Å². The maximum Gasteiger partial charge on any atom is 0.220 e. The lowest BCUT2D eigenvalue weighted by atomic mass is 9.91. The van der Waals surface area contributed by atoms with Crippen LogP contribution in [-0.4, -0.2) is 13.0 Å². The number of benzene rings is 1. The molecule has 1 aromatic rings. The lowest BCUT2D eigenvalue weighted by Gasteiger charge is -2.15. The highest BCUT2D eigenvalue weighted by molar-refractivity contribution is 5.76. The van der Waals surface area contributed by atoms with E-state index in [0.717, 1.165) is 12.8 Å². The number of rotatable bonds is 5. The Morgan fingerprint density at radius 3 is 2.53 bits per heavy atom. The first-order chi connectivity index (χ1) is 7.27. The molecule has 0 saturated heterocycles. The van der Waals surface area contributed by atoms with Crippen LogP contribution >= 0.6 is 0 Å². The predicted molar refractivity (Wildman–Crippen MR) is 62.8 cm³/mol. The number of hydrogen-bond donors (Lipinski definition) is 1. The smallest absolute Gasteiger partial charge is 0.220 e. The molecule has 0 heterocycles. The fraction of sp³-hybridized carbons (Fsp3) is 0.462. The van der Waals surface area contributed by atoms with E-state index in [9.17, 15) is 4.79 Å². The molecule has 1 atom stereocenters. The van der Waals surface area contributed by atoms with Gasteiger partial charge in [0.25, 0.3) is 0 Å². The summed E-state index contributed by atoms with van der Waals surface area (Å²) < 4.78 is 0. The number of hydrogen-bond acceptors (Lipinski definition) is 1. The Morgan fingerprint density at radius 1 is 1.33 bits per heavy atom. The van der Waals surface area contributed by atoms with Gasteiger partial charge in [-0.2, -0.15) is 0 Å². The van der Waals surface area contributed by atoms with Gasteiger partial charge in [0, 0.05) is 13.5 Å². The highest BCUT2D eigenvalue weighted by atomic mass is 16.1. The van der Waals surface area contributed by atoms with Crippen molar-refractivity contribution in [2.45, 2.75) is 32.1 Å². The van der Waals surface area contributed by atoms with Gasteiger partial charge < -0.3 is 5.32 Å².